The van der Waals surface area contributed by atoms with Gasteiger partial charge in [-0.2, -0.15) is 13.2 Å². The van der Waals surface area contributed by atoms with Gasteiger partial charge in [0.1, 0.15) is 11.2 Å². The van der Waals surface area contributed by atoms with E-state index in [1.54, 1.807) is 47.7 Å². The highest BCUT2D eigenvalue weighted by atomic mass is 79.9. The number of benzene rings is 1. The Morgan fingerprint density at radius 1 is 1.11 bits per heavy atom. The van der Waals surface area contributed by atoms with Gasteiger partial charge in [-0.1, -0.05) is 12.1 Å². The maximum Gasteiger partial charge on any atom is 0.429 e. The smallest absolute Gasteiger partial charge is 0.429 e. The monoisotopic (exact) mass is 579 g/mol. The van der Waals surface area contributed by atoms with Crippen molar-refractivity contribution >= 4 is 39.5 Å². The number of thiazole rings is 1. The predicted octanol–water partition coefficient (Wildman–Crippen LogP) is 6.76. The van der Waals surface area contributed by atoms with Crippen molar-refractivity contribution in [1.82, 2.24) is 15.4 Å². The summed E-state index contributed by atoms with van der Waals surface area (Å²) in [6.45, 7) is 10.1. The topological polar surface area (TPSA) is 80.8 Å². The lowest BCUT2D eigenvalue weighted by Crippen LogP contribution is -2.54. The summed E-state index contributed by atoms with van der Waals surface area (Å²) < 4.78 is 50.4. The maximum atomic E-state index is 12.9. The molecule has 0 aliphatic rings. The Labute approximate surface area is 215 Å². The van der Waals surface area contributed by atoms with Crippen molar-refractivity contribution in [3.8, 4) is 0 Å². The summed E-state index contributed by atoms with van der Waals surface area (Å²) in [7, 11) is 0. The summed E-state index contributed by atoms with van der Waals surface area (Å²) in [5.41, 5.74) is 0.436. The van der Waals surface area contributed by atoms with E-state index < -0.39 is 41.2 Å². The predicted molar refractivity (Wildman–Crippen MR) is 130 cm³/mol. The van der Waals surface area contributed by atoms with E-state index in [4.69, 9.17) is 9.47 Å². The number of carbonyl (C=O) groups is 2. The Kier molecular flexibility index (Phi) is 9.21. The van der Waals surface area contributed by atoms with E-state index in [-0.39, 0.29) is 6.42 Å². The number of rotatable bonds is 6. The highest BCUT2D eigenvalue weighted by Crippen LogP contribution is 2.29. The van der Waals surface area contributed by atoms with E-state index in [1.165, 1.54) is 23.5 Å². The van der Waals surface area contributed by atoms with Crippen molar-refractivity contribution in [3.05, 3.63) is 50.4 Å². The summed E-state index contributed by atoms with van der Waals surface area (Å²) in [6, 6.07) is 3.95. The van der Waals surface area contributed by atoms with Crippen LogP contribution in [0.25, 0.3) is 0 Å². The molecule has 2 aromatic rings. The van der Waals surface area contributed by atoms with Crippen LogP contribution in [0.5, 0.6) is 0 Å². The SMILES string of the molecule is C[C@@H](Cc1ccc(C(F)(F)F)cc1)N(NC(=O)OC(C)(C)Cc1ncc(Br)s1)C(=O)OC(C)(C)C. The second-order valence-corrected chi connectivity index (χ2v) is 12.1. The summed E-state index contributed by atoms with van der Waals surface area (Å²) >= 11 is 4.76. The lowest BCUT2D eigenvalue weighted by atomic mass is 10.0. The number of halogens is 4. The van der Waals surface area contributed by atoms with Crippen LogP contribution in [0.4, 0.5) is 22.8 Å². The Bertz CT molecular complexity index is 1020. The van der Waals surface area contributed by atoms with Crippen LogP contribution in [0, 0.1) is 0 Å². The number of ether oxygens (including phenoxy) is 2. The second kappa shape index (κ2) is 11.2. The quantitative estimate of drug-likeness (QED) is 0.382. The zero-order valence-corrected chi connectivity index (χ0v) is 22.7. The third kappa shape index (κ3) is 9.67. The molecule has 0 aliphatic heterocycles. The fourth-order valence-corrected chi connectivity index (χ4v) is 4.57. The first-order chi connectivity index (χ1) is 15.9. The van der Waals surface area contributed by atoms with Crippen molar-refractivity contribution < 1.29 is 32.2 Å². The highest BCUT2D eigenvalue weighted by molar-refractivity contribution is 9.11. The molecule has 0 aliphatic carbocycles. The number of nitrogens with one attached hydrogen (secondary N) is 1. The molecule has 1 atom stereocenters. The van der Waals surface area contributed by atoms with Gasteiger partial charge >= 0.3 is 18.4 Å². The molecular weight excluding hydrogens is 551 g/mol. The van der Waals surface area contributed by atoms with E-state index in [2.05, 4.69) is 26.3 Å². The van der Waals surface area contributed by atoms with E-state index in [9.17, 15) is 22.8 Å². The molecule has 194 valence electrons. The van der Waals surface area contributed by atoms with Gasteiger partial charge in [-0.25, -0.2) is 25.0 Å². The molecule has 2 amide bonds. The Morgan fingerprint density at radius 3 is 2.20 bits per heavy atom. The fourth-order valence-electron chi connectivity index (χ4n) is 3.05. The van der Waals surface area contributed by atoms with E-state index >= 15 is 0 Å². The molecule has 12 heteroatoms. The molecule has 0 spiro atoms. The summed E-state index contributed by atoms with van der Waals surface area (Å²) in [5, 5.41) is 1.75. The van der Waals surface area contributed by atoms with Gasteiger partial charge in [0, 0.05) is 6.42 Å². The fraction of sp³-hybridized carbons (Fsp3) is 0.522. The van der Waals surface area contributed by atoms with Crippen molar-refractivity contribution in [2.75, 3.05) is 0 Å². The molecular formula is C23H29BrF3N3O4S. The lowest BCUT2D eigenvalue weighted by molar-refractivity contribution is -0.137. The van der Waals surface area contributed by atoms with Crippen molar-refractivity contribution in [2.24, 2.45) is 0 Å². The first-order valence-electron chi connectivity index (χ1n) is 10.7. The molecule has 7 nitrogen and oxygen atoms in total. The van der Waals surface area contributed by atoms with Gasteiger partial charge < -0.3 is 9.47 Å². The van der Waals surface area contributed by atoms with Gasteiger partial charge in [-0.3, -0.25) is 0 Å². The average molecular weight is 580 g/mol. The van der Waals surface area contributed by atoms with Crippen molar-refractivity contribution in [1.29, 1.82) is 0 Å². The number of hydrazine groups is 1. The molecule has 1 aromatic carbocycles. The molecule has 0 unspecified atom stereocenters. The van der Waals surface area contributed by atoms with Crippen molar-refractivity contribution in [2.45, 2.75) is 77.8 Å². The Balaban J connectivity index is 2.13. The van der Waals surface area contributed by atoms with Crippen LogP contribution in [0.15, 0.2) is 34.2 Å². The number of hydrogen-bond acceptors (Lipinski definition) is 6. The van der Waals surface area contributed by atoms with Gasteiger partial charge in [0.15, 0.2) is 0 Å². The molecule has 0 saturated heterocycles. The first kappa shape index (κ1) is 28.9. The van der Waals surface area contributed by atoms with E-state index in [0.717, 1.165) is 25.9 Å². The second-order valence-electron chi connectivity index (χ2n) is 9.59. The van der Waals surface area contributed by atoms with Crippen LogP contribution in [0.1, 0.15) is 57.7 Å². The van der Waals surface area contributed by atoms with Gasteiger partial charge in [-0.15, -0.1) is 11.3 Å². The Hall–Kier alpha value is -2.34. The minimum absolute atomic E-state index is 0.161. The largest absolute Gasteiger partial charge is 0.442 e. The molecule has 0 radical (unpaired) electrons. The molecule has 1 N–H and O–H groups in total. The number of carbonyl (C=O) groups excluding carboxylic acids is 2. The number of nitrogens with zero attached hydrogens (tertiary/aromatic N) is 2. The first-order valence-corrected chi connectivity index (χ1v) is 12.3. The Morgan fingerprint density at radius 2 is 1.71 bits per heavy atom. The highest BCUT2D eigenvalue weighted by Gasteiger charge is 2.32. The van der Waals surface area contributed by atoms with Gasteiger partial charge in [0.2, 0.25) is 0 Å². The zero-order chi connectivity index (χ0) is 26.6. The van der Waals surface area contributed by atoms with Crippen LogP contribution in [0.2, 0.25) is 0 Å². The van der Waals surface area contributed by atoms with Gasteiger partial charge in [0.05, 0.1) is 26.6 Å². The number of aromatic nitrogens is 1. The van der Waals surface area contributed by atoms with Crippen LogP contribution in [-0.2, 0) is 28.5 Å². The van der Waals surface area contributed by atoms with E-state index in [0.29, 0.717) is 12.0 Å². The summed E-state index contributed by atoms with van der Waals surface area (Å²) in [5.74, 6) is 0. The lowest BCUT2D eigenvalue weighted by Gasteiger charge is -2.33. The molecule has 0 fully saturated rings. The minimum Gasteiger partial charge on any atom is -0.442 e. The van der Waals surface area contributed by atoms with Crippen LogP contribution < -0.4 is 5.43 Å². The molecule has 1 heterocycles. The molecule has 1 aromatic heterocycles. The third-order valence-electron chi connectivity index (χ3n) is 4.53. The standard InChI is InChI=1S/C23H29BrF3N3O4S/c1-14(11-15-7-9-16(10-8-15)23(25,26)27)30(20(32)34-21(2,3)4)29-19(31)33-22(5,6)12-18-28-13-17(24)35-18/h7-10,13-14H,11-12H2,1-6H3,(H,29,31)/t14-/m0/s1. The number of hydrogen-bond donors (Lipinski definition) is 1. The summed E-state index contributed by atoms with van der Waals surface area (Å²) in [4.78, 5) is 29.8. The number of alkyl halides is 3. The molecule has 2 rings (SSSR count). The van der Waals surface area contributed by atoms with Crippen LogP contribution >= 0.6 is 27.3 Å². The van der Waals surface area contributed by atoms with Gasteiger partial charge in [0.25, 0.3) is 0 Å². The maximum absolute atomic E-state index is 12.9. The normalized spacial score (nSPS) is 13.2. The molecule has 35 heavy (non-hydrogen) atoms. The zero-order valence-electron chi connectivity index (χ0n) is 20.3. The molecule has 0 saturated carbocycles. The number of amides is 2. The van der Waals surface area contributed by atoms with Crippen LogP contribution in [0.3, 0.4) is 0 Å². The third-order valence-corrected chi connectivity index (χ3v) is 6.00. The van der Waals surface area contributed by atoms with Crippen LogP contribution in [-0.4, -0.2) is 39.4 Å². The summed E-state index contributed by atoms with van der Waals surface area (Å²) in [6.07, 6.45) is -3.98. The van der Waals surface area contributed by atoms with Crippen molar-refractivity contribution in [3.63, 3.8) is 0 Å². The average Bonchev–Trinajstić information content (AvgIpc) is 3.07. The molecule has 0 bridgehead atoms. The van der Waals surface area contributed by atoms with E-state index in [1.807, 2.05) is 0 Å². The minimum atomic E-state index is -4.44. The van der Waals surface area contributed by atoms with Gasteiger partial charge in [-0.05, 0) is 81.6 Å².